The first-order valence-electron chi connectivity index (χ1n) is 11.0. The summed E-state index contributed by atoms with van der Waals surface area (Å²) in [5.41, 5.74) is 3.11. The summed E-state index contributed by atoms with van der Waals surface area (Å²) in [5, 5.41) is 12.9. The Morgan fingerprint density at radius 2 is 2.10 bits per heavy atom. The van der Waals surface area contributed by atoms with Gasteiger partial charge in [0, 0.05) is 19.3 Å². The van der Waals surface area contributed by atoms with E-state index in [0.717, 1.165) is 34.1 Å². The van der Waals surface area contributed by atoms with Gasteiger partial charge in [0.2, 0.25) is 5.82 Å². The van der Waals surface area contributed by atoms with E-state index in [2.05, 4.69) is 50.7 Å². The summed E-state index contributed by atoms with van der Waals surface area (Å²) in [6.45, 7) is 6.22. The normalized spacial score (nSPS) is 26.1. The minimum absolute atomic E-state index is 0.513. The highest BCUT2D eigenvalue weighted by molar-refractivity contribution is 7.99. The molecule has 2 aromatic rings. The second-order valence-corrected chi connectivity index (χ2v) is 9.94. The highest BCUT2D eigenvalue weighted by Gasteiger charge is 2.50. The number of hydrogen-bond acceptors (Lipinski definition) is 6. The van der Waals surface area contributed by atoms with Crippen molar-refractivity contribution >= 4 is 17.5 Å². The molecular formula is C23H31N5OS. The van der Waals surface area contributed by atoms with Gasteiger partial charge in [-0.15, -0.1) is 10.2 Å². The molecule has 6 nitrogen and oxygen atoms in total. The topological polar surface area (TPSA) is 55.2 Å². The molecule has 1 aromatic carbocycles. The number of benzene rings is 1. The fourth-order valence-electron chi connectivity index (χ4n) is 5.29. The highest BCUT2D eigenvalue weighted by Crippen LogP contribution is 2.57. The van der Waals surface area contributed by atoms with E-state index in [1.54, 1.807) is 17.3 Å². The predicted octanol–water partition coefficient (Wildman–Crippen LogP) is 3.83. The monoisotopic (exact) mass is 425 g/mol. The zero-order chi connectivity index (χ0) is 20.6. The molecule has 1 spiro atoms. The van der Waals surface area contributed by atoms with Gasteiger partial charge < -0.3 is 19.5 Å². The molecule has 0 amide bonds. The Labute approximate surface area is 183 Å². The second-order valence-electron chi connectivity index (χ2n) is 8.88. The molecule has 5 rings (SSSR count). The number of nitrogens with one attached hydrogen (secondary N) is 1. The van der Waals surface area contributed by atoms with E-state index in [4.69, 9.17) is 4.74 Å². The van der Waals surface area contributed by atoms with E-state index in [1.165, 1.54) is 45.3 Å². The van der Waals surface area contributed by atoms with Crippen molar-refractivity contribution < 1.29 is 4.74 Å². The number of thioether (sulfide) groups is 1. The van der Waals surface area contributed by atoms with Gasteiger partial charge in [-0.1, -0.05) is 42.1 Å². The molecule has 1 saturated carbocycles. The first-order valence-corrected chi connectivity index (χ1v) is 12.0. The Morgan fingerprint density at radius 3 is 2.83 bits per heavy atom. The van der Waals surface area contributed by atoms with Crippen molar-refractivity contribution in [1.29, 1.82) is 0 Å². The molecule has 2 aliphatic heterocycles. The Hall–Kier alpha value is -1.99. The molecule has 30 heavy (non-hydrogen) atoms. The van der Waals surface area contributed by atoms with Gasteiger partial charge in [0.05, 0.1) is 5.70 Å². The molecule has 0 bridgehead atoms. The van der Waals surface area contributed by atoms with E-state index in [0.29, 0.717) is 12.1 Å². The van der Waals surface area contributed by atoms with Crippen LogP contribution < -0.4 is 5.32 Å². The molecule has 1 N–H and O–H groups in total. The summed E-state index contributed by atoms with van der Waals surface area (Å²) >= 11 is 1.79. The molecule has 2 unspecified atom stereocenters. The first-order chi connectivity index (χ1) is 14.7. The van der Waals surface area contributed by atoms with Gasteiger partial charge in [-0.25, -0.2) is 0 Å². The van der Waals surface area contributed by atoms with E-state index in [-0.39, 0.29) is 0 Å². The molecular weight excluding hydrogens is 394 g/mol. The second kappa shape index (κ2) is 8.27. The van der Waals surface area contributed by atoms with E-state index in [1.807, 2.05) is 18.5 Å². The van der Waals surface area contributed by atoms with Crippen LogP contribution in [0.3, 0.4) is 0 Å². The summed E-state index contributed by atoms with van der Waals surface area (Å²) < 4.78 is 7.69. The molecule has 1 aromatic heterocycles. The van der Waals surface area contributed by atoms with Crippen molar-refractivity contribution in [2.75, 3.05) is 32.1 Å². The largest absolute Gasteiger partial charge is 0.468 e. The van der Waals surface area contributed by atoms with Crippen molar-refractivity contribution in [3.63, 3.8) is 0 Å². The summed E-state index contributed by atoms with van der Waals surface area (Å²) in [4.78, 5) is 2.68. The highest BCUT2D eigenvalue weighted by atomic mass is 32.2. The van der Waals surface area contributed by atoms with Crippen LogP contribution in [0.15, 0.2) is 41.2 Å². The Balaban J connectivity index is 1.10. The molecule has 1 aliphatic carbocycles. The van der Waals surface area contributed by atoms with Crippen LogP contribution in [-0.4, -0.2) is 51.8 Å². The molecule has 3 aliphatic rings. The maximum Gasteiger partial charge on any atom is 0.201 e. The van der Waals surface area contributed by atoms with Crippen molar-refractivity contribution in [2.24, 2.45) is 12.5 Å². The zero-order valence-corrected chi connectivity index (χ0v) is 18.7. The van der Waals surface area contributed by atoms with Gasteiger partial charge in [0.1, 0.15) is 0 Å². The SMILES string of the molecule is CC1=C(c2nnc(SCCCN3CCC4(CCC4c4ccccc4)C3)n2C)OCN1. The predicted molar refractivity (Wildman–Crippen MR) is 120 cm³/mol. The Bertz CT molecular complexity index is 927. The van der Waals surface area contributed by atoms with Crippen molar-refractivity contribution in [2.45, 2.75) is 43.7 Å². The molecule has 160 valence electrons. The lowest BCUT2D eigenvalue weighted by Crippen LogP contribution is -2.41. The molecule has 2 atom stereocenters. The molecule has 3 heterocycles. The van der Waals surface area contributed by atoms with E-state index < -0.39 is 0 Å². The molecule has 0 radical (unpaired) electrons. The minimum Gasteiger partial charge on any atom is -0.468 e. The number of hydrogen-bond donors (Lipinski definition) is 1. The van der Waals surface area contributed by atoms with Crippen LogP contribution in [0.2, 0.25) is 0 Å². The average molecular weight is 426 g/mol. The van der Waals surface area contributed by atoms with Gasteiger partial charge in [-0.2, -0.15) is 0 Å². The van der Waals surface area contributed by atoms with Crippen molar-refractivity contribution in [3.8, 4) is 0 Å². The summed E-state index contributed by atoms with van der Waals surface area (Å²) in [6, 6.07) is 11.2. The summed E-state index contributed by atoms with van der Waals surface area (Å²) in [5.74, 6) is 3.45. The fraction of sp³-hybridized carbons (Fsp3) is 0.565. The Kier molecular flexibility index (Phi) is 5.50. The molecule has 7 heteroatoms. The number of ether oxygens (including phenoxy) is 1. The number of nitrogens with zero attached hydrogens (tertiary/aromatic N) is 4. The van der Waals surface area contributed by atoms with E-state index >= 15 is 0 Å². The van der Waals surface area contributed by atoms with Gasteiger partial charge in [-0.3, -0.25) is 0 Å². The van der Waals surface area contributed by atoms with Gasteiger partial charge in [0.25, 0.3) is 0 Å². The quantitative estimate of drug-likeness (QED) is 0.537. The Morgan fingerprint density at radius 1 is 1.23 bits per heavy atom. The number of likely N-dealkylation sites (tertiary alicyclic amines) is 1. The lowest BCUT2D eigenvalue weighted by Gasteiger charge is -2.48. The van der Waals surface area contributed by atoms with Crippen LogP contribution >= 0.6 is 11.8 Å². The third-order valence-corrected chi connectivity index (χ3v) is 8.23. The van der Waals surface area contributed by atoms with Crippen LogP contribution in [0.4, 0.5) is 0 Å². The lowest BCUT2D eigenvalue weighted by atomic mass is 9.57. The van der Waals surface area contributed by atoms with Gasteiger partial charge >= 0.3 is 0 Å². The average Bonchev–Trinajstić information content (AvgIpc) is 3.45. The minimum atomic E-state index is 0.513. The number of aromatic nitrogens is 3. The van der Waals surface area contributed by atoms with Gasteiger partial charge in [0.15, 0.2) is 17.6 Å². The summed E-state index contributed by atoms with van der Waals surface area (Å²) in [6.07, 6.45) is 5.29. The van der Waals surface area contributed by atoms with Crippen molar-refractivity contribution in [1.82, 2.24) is 25.0 Å². The van der Waals surface area contributed by atoms with E-state index in [9.17, 15) is 0 Å². The number of rotatable bonds is 7. The van der Waals surface area contributed by atoms with Gasteiger partial charge in [-0.05, 0) is 62.6 Å². The fourth-order valence-corrected chi connectivity index (χ4v) is 6.13. The third kappa shape index (κ3) is 3.62. The smallest absolute Gasteiger partial charge is 0.201 e. The van der Waals surface area contributed by atoms with Crippen LogP contribution in [0.25, 0.3) is 5.76 Å². The van der Waals surface area contributed by atoms with Crippen LogP contribution in [-0.2, 0) is 11.8 Å². The van der Waals surface area contributed by atoms with Crippen molar-refractivity contribution in [3.05, 3.63) is 47.4 Å². The van der Waals surface area contributed by atoms with Crippen LogP contribution in [0.5, 0.6) is 0 Å². The third-order valence-electron chi connectivity index (χ3n) is 7.12. The number of allylic oxidation sites excluding steroid dienone is 1. The molecule has 1 saturated heterocycles. The van der Waals surface area contributed by atoms with Crippen LogP contribution in [0, 0.1) is 5.41 Å². The zero-order valence-electron chi connectivity index (χ0n) is 17.9. The standard InChI is InChI=1S/C23H31N5OS/c1-17-20(29-16-24-17)21-25-26-22(27(21)2)30-14-6-12-28-13-11-23(15-28)10-9-19(23)18-7-4-3-5-8-18/h3-5,7-8,19,24H,6,9-16H2,1-2H3. The molecule has 2 fully saturated rings. The summed E-state index contributed by atoms with van der Waals surface area (Å²) in [7, 11) is 2.02. The van der Waals surface area contributed by atoms with Crippen LogP contribution in [0.1, 0.15) is 49.9 Å². The lowest BCUT2D eigenvalue weighted by molar-refractivity contribution is 0.0973. The maximum absolute atomic E-state index is 5.64. The first kappa shape index (κ1) is 19.9. The maximum atomic E-state index is 5.64.